The van der Waals surface area contributed by atoms with Crippen LogP contribution in [0.15, 0.2) is 0 Å². The van der Waals surface area contributed by atoms with Crippen LogP contribution in [-0.4, -0.2) is 126 Å². The Balaban J connectivity index is 2.11. The number of ether oxygens (including phenoxy) is 2. The molecule has 0 fully saturated rings. The maximum atomic E-state index is 12.0. The average molecular weight is 679 g/mol. The van der Waals surface area contributed by atoms with Gasteiger partial charge in [0.1, 0.15) is 24.5 Å². The molecular formula is C25H42N8O12S. The SMILES string of the molecule is CCCC(NC(=O)CC[C@H](NC(=O)COCCOCCNC(=O)CCCS(=O)(=O)NC(=O)CCCc1nnn[nH]1)C(=O)O)C(=O)O. The Morgan fingerprint density at radius 1 is 0.826 bits per heavy atom. The normalized spacial score (nSPS) is 12.5. The fraction of sp³-hybridized carbons (Fsp3) is 0.720. The summed E-state index contributed by atoms with van der Waals surface area (Å²) in [4.78, 5) is 70.3. The summed E-state index contributed by atoms with van der Waals surface area (Å²) in [6.07, 6.45) is 0.788. The first-order valence-electron chi connectivity index (χ1n) is 14.5. The molecule has 7 N–H and O–H groups in total. The van der Waals surface area contributed by atoms with E-state index < -0.39 is 70.0 Å². The minimum Gasteiger partial charge on any atom is -0.480 e. The Morgan fingerprint density at radius 2 is 1.48 bits per heavy atom. The van der Waals surface area contributed by atoms with Gasteiger partial charge in [-0.3, -0.25) is 23.9 Å². The summed E-state index contributed by atoms with van der Waals surface area (Å²) in [6.45, 7) is 1.55. The number of carbonyl (C=O) groups is 6. The van der Waals surface area contributed by atoms with Gasteiger partial charge in [-0.15, -0.1) is 5.10 Å². The molecule has 0 radical (unpaired) electrons. The van der Waals surface area contributed by atoms with Crippen LogP contribution in [0.3, 0.4) is 0 Å². The number of aliphatic carboxylic acids is 2. The van der Waals surface area contributed by atoms with Gasteiger partial charge in [-0.05, 0) is 36.1 Å². The number of aromatic nitrogens is 4. The van der Waals surface area contributed by atoms with Crippen molar-refractivity contribution in [1.82, 2.24) is 41.3 Å². The molecule has 1 aromatic rings. The van der Waals surface area contributed by atoms with E-state index >= 15 is 0 Å². The lowest BCUT2D eigenvalue weighted by Crippen LogP contribution is -2.44. The molecule has 0 aliphatic heterocycles. The molecule has 0 saturated heterocycles. The van der Waals surface area contributed by atoms with Crippen molar-refractivity contribution in [2.75, 3.05) is 38.7 Å². The van der Waals surface area contributed by atoms with Crippen LogP contribution in [0.2, 0.25) is 0 Å². The number of hydrogen-bond acceptors (Lipinski definition) is 13. The van der Waals surface area contributed by atoms with Crippen LogP contribution in [0, 0.1) is 0 Å². The average Bonchev–Trinajstić information content (AvgIpc) is 3.49. The van der Waals surface area contributed by atoms with Crippen molar-refractivity contribution in [2.45, 2.75) is 76.8 Å². The highest BCUT2D eigenvalue weighted by molar-refractivity contribution is 7.90. The van der Waals surface area contributed by atoms with Crippen LogP contribution in [0.4, 0.5) is 0 Å². The number of sulfonamides is 1. The first kappa shape index (κ1) is 39.8. The number of aromatic amines is 1. The Kier molecular flexibility index (Phi) is 19.3. The van der Waals surface area contributed by atoms with Crippen LogP contribution in [-0.2, 0) is 54.7 Å². The highest BCUT2D eigenvalue weighted by atomic mass is 32.2. The number of rotatable bonds is 26. The lowest BCUT2D eigenvalue weighted by molar-refractivity contribution is -0.144. The van der Waals surface area contributed by atoms with Crippen molar-refractivity contribution in [3.8, 4) is 0 Å². The van der Waals surface area contributed by atoms with Gasteiger partial charge in [0, 0.05) is 32.2 Å². The van der Waals surface area contributed by atoms with E-state index in [1.165, 1.54) is 0 Å². The Morgan fingerprint density at radius 3 is 2.13 bits per heavy atom. The monoisotopic (exact) mass is 678 g/mol. The van der Waals surface area contributed by atoms with Crippen LogP contribution in [0.25, 0.3) is 0 Å². The van der Waals surface area contributed by atoms with Gasteiger partial charge in [0.2, 0.25) is 33.7 Å². The third-order valence-electron chi connectivity index (χ3n) is 5.97. The number of aryl methyl sites for hydroxylation is 1. The first-order valence-corrected chi connectivity index (χ1v) is 16.2. The molecule has 1 aromatic heterocycles. The van der Waals surface area contributed by atoms with Crippen molar-refractivity contribution < 1.29 is 56.9 Å². The van der Waals surface area contributed by atoms with E-state index in [-0.39, 0.29) is 64.9 Å². The summed E-state index contributed by atoms with van der Waals surface area (Å²) in [5.74, 6) is -4.95. The molecule has 0 aliphatic carbocycles. The second-order valence-electron chi connectivity index (χ2n) is 9.91. The quantitative estimate of drug-likeness (QED) is 0.0503. The predicted octanol–water partition coefficient (Wildman–Crippen LogP) is -2.38. The molecule has 20 nitrogen and oxygen atoms in total. The van der Waals surface area contributed by atoms with Crippen molar-refractivity contribution in [3.63, 3.8) is 0 Å². The molecule has 0 bridgehead atoms. The van der Waals surface area contributed by atoms with E-state index in [4.69, 9.17) is 14.6 Å². The van der Waals surface area contributed by atoms with Crippen molar-refractivity contribution in [3.05, 3.63) is 5.82 Å². The largest absolute Gasteiger partial charge is 0.480 e. The minimum atomic E-state index is -3.89. The molecule has 0 spiro atoms. The number of H-pyrrole nitrogens is 1. The maximum absolute atomic E-state index is 12.0. The number of carboxylic acids is 2. The molecule has 0 saturated carbocycles. The van der Waals surface area contributed by atoms with Gasteiger partial charge in [-0.1, -0.05) is 13.3 Å². The number of tetrazole rings is 1. The standard InChI is InChI=1S/C25H42N8O12S/c1-2-5-17(24(38)39)27-21(35)10-9-18(25(40)41)28-23(37)16-45-14-13-44-12-11-26-20(34)8-4-15-46(42,43)31-22(36)7-3-6-19-29-32-33-30-19/h17-18H,2-16H2,1H3,(H,26,34)(H,27,35)(H,28,37)(H,31,36)(H,38,39)(H,40,41)(H,29,30,32,33)/t17?,18-/m0/s1. The summed E-state index contributed by atoms with van der Waals surface area (Å²) in [5, 5.41) is 38.5. The topological polar surface area (TPSA) is 298 Å². The van der Waals surface area contributed by atoms with Gasteiger partial charge >= 0.3 is 11.9 Å². The molecule has 1 unspecified atom stereocenters. The number of carboxylic acid groups (broad SMARTS) is 2. The summed E-state index contributed by atoms with van der Waals surface area (Å²) >= 11 is 0. The Bertz CT molecular complexity index is 1230. The number of nitrogens with zero attached hydrogens (tertiary/aromatic N) is 3. The van der Waals surface area contributed by atoms with E-state index in [1.807, 2.05) is 4.72 Å². The first-order chi connectivity index (χ1) is 21.8. The molecular weight excluding hydrogens is 636 g/mol. The predicted molar refractivity (Wildman–Crippen MR) is 156 cm³/mol. The van der Waals surface area contributed by atoms with Crippen molar-refractivity contribution in [1.29, 1.82) is 0 Å². The van der Waals surface area contributed by atoms with Crippen LogP contribution >= 0.6 is 0 Å². The summed E-state index contributed by atoms with van der Waals surface area (Å²) in [5.41, 5.74) is 0. The highest BCUT2D eigenvalue weighted by Gasteiger charge is 2.23. The lowest BCUT2D eigenvalue weighted by Gasteiger charge is -2.16. The van der Waals surface area contributed by atoms with Gasteiger partial charge in [-0.25, -0.2) is 23.1 Å². The minimum absolute atomic E-state index is 0.00494. The zero-order valence-corrected chi connectivity index (χ0v) is 26.3. The smallest absolute Gasteiger partial charge is 0.326 e. The van der Waals surface area contributed by atoms with Crippen LogP contribution < -0.4 is 20.7 Å². The van der Waals surface area contributed by atoms with E-state index in [1.54, 1.807) is 6.92 Å². The van der Waals surface area contributed by atoms with E-state index in [2.05, 4.69) is 36.6 Å². The van der Waals surface area contributed by atoms with Gasteiger partial charge < -0.3 is 35.6 Å². The van der Waals surface area contributed by atoms with Crippen molar-refractivity contribution in [2.24, 2.45) is 0 Å². The molecule has 0 aliphatic rings. The molecule has 1 heterocycles. The Hall–Kier alpha value is -4.24. The summed E-state index contributed by atoms with van der Waals surface area (Å²) < 4.78 is 36.4. The van der Waals surface area contributed by atoms with E-state index in [0.29, 0.717) is 25.1 Å². The molecule has 0 aromatic carbocycles. The van der Waals surface area contributed by atoms with Gasteiger partial charge in [0.15, 0.2) is 0 Å². The fourth-order valence-electron chi connectivity index (χ4n) is 3.72. The van der Waals surface area contributed by atoms with Gasteiger partial charge in [0.05, 0.1) is 25.6 Å². The van der Waals surface area contributed by atoms with Crippen molar-refractivity contribution >= 4 is 45.6 Å². The molecule has 21 heteroatoms. The third kappa shape index (κ3) is 19.2. The second-order valence-corrected chi connectivity index (χ2v) is 11.7. The third-order valence-corrected chi connectivity index (χ3v) is 7.34. The number of hydrogen-bond donors (Lipinski definition) is 7. The summed E-state index contributed by atoms with van der Waals surface area (Å²) in [6, 6.07) is -2.46. The zero-order chi connectivity index (χ0) is 34.4. The van der Waals surface area contributed by atoms with E-state index in [0.717, 1.165) is 0 Å². The fourth-order valence-corrected chi connectivity index (χ4v) is 4.79. The van der Waals surface area contributed by atoms with E-state index in [9.17, 15) is 42.3 Å². The molecule has 260 valence electrons. The van der Waals surface area contributed by atoms with Gasteiger partial charge in [-0.2, -0.15) is 0 Å². The number of nitrogens with one attached hydrogen (secondary N) is 5. The second kappa shape index (κ2) is 22.3. The molecule has 2 atom stereocenters. The van der Waals surface area contributed by atoms with Crippen LogP contribution in [0.5, 0.6) is 0 Å². The zero-order valence-electron chi connectivity index (χ0n) is 25.5. The summed E-state index contributed by atoms with van der Waals surface area (Å²) in [7, 11) is -3.89. The Labute approximate surface area is 265 Å². The van der Waals surface area contributed by atoms with Crippen LogP contribution in [0.1, 0.15) is 64.1 Å². The maximum Gasteiger partial charge on any atom is 0.326 e. The molecule has 46 heavy (non-hydrogen) atoms. The highest BCUT2D eigenvalue weighted by Crippen LogP contribution is 2.03. The molecule has 1 rings (SSSR count). The number of amides is 4. The number of carbonyl (C=O) groups excluding carboxylic acids is 4. The lowest BCUT2D eigenvalue weighted by atomic mass is 10.1. The van der Waals surface area contributed by atoms with Gasteiger partial charge in [0.25, 0.3) is 0 Å². The molecule has 4 amide bonds.